The number of rotatable bonds is 0. The molecular weight excluding hydrogens is 185 g/mol. The fourth-order valence-corrected chi connectivity index (χ4v) is 0.646. The number of benzene rings is 1. The minimum Gasteiger partial charge on any atom is -1.00 e. The summed E-state index contributed by atoms with van der Waals surface area (Å²) in [4.78, 5) is 0. The zero-order valence-corrected chi connectivity index (χ0v) is 7.49. The van der Waals surface area contributed by atoms with Gasteiger partial charge in [0, 0.05) is 17.8 Å². The monoisotopic (exact) mass is 195 g/mol. The van der Waals surface area contributed by atoms with E-state index in [0.717, 1.165) is 17.1 Å². The molecule has 11 heavy (non-hydrogen) atoms. The number of quaternary nitrogens is 2. The second kappa shape index (κ2) is 5.21. The third kappa shape index (κ3) is 3.43. The zero-order valence-electron chi connectivity index (χ0n) is 5.98. The second-order valence-electron chi connectivity index (χ2n) is 2.03. The number of halogens is 2. The lowest BCUT2D eigenvalue weighted by molar-refractivity contribution is -0.298. The van der Waals surface area contributed by atoms with E-state index < -0.39 is 0 Å². The van der Waals surface area contributed by atoms with Gasteiger partial charge >= 0.3 is 0 Å². The predicted octanol–water partition coefficient (Wildman–Crippen LogP) is -6.98. The van der Waals surface area contributed by atoms with Gasteiger partial charge in [-0.1, -0.05) is 0 Å². The first-order valence-electron chi connectivity index (χ1n) is 2.73. The van der Waals surface area contributed by atoms with Crippen LogP contribution in [0.25, 0.3) is 0 Å². The molecule has 0 heterocycles. The molecule has 0 saturated carbocycles. The molecule has 1 aromatic rings. The lowest BCUT2D eigenvalue weighted by Crippen LogP contribution is -3.00. The van der Waals surface area contributed by atoms with Gasteiger partial charge in [-0.2, -0.15) is 0 Å². The van der Waals surface area contributed by atoms with Crippen LogP contribution >= 0.6 is 0 Å². The van der Waals surface area contributed by atoms with Crippen LogP contribution in [-0.2, 0) is 0 Å². The fraction of sp³-hybridized carbons (Fsp3) is 0. The molecule has 1 rings (SSSR count). The van der Waals surface area contributed by atoms with Crippen LogP contribution in [0.3, 0.4) is 0 Å². The molecule has 0 spiro atoms. The molecule has 0 amide bonds. The maximum atomic E-state index is 5.46. The molecule has 3 nitrogen and oxygen atoms in total. The highest BCUT2D eigenvalue weighted by Gasteiger charge is 1.98. The number of hydrogen-bond acceptors (Lipinski definition) is 1. The van der Waals surface area contributed by atoms with E-state index in [4.69, 9.17) is 5.73 Å². The van der Waals surface area contributed by atoms with E-state index in [-0.39, 0.29) is 24.8 Å². The molecule has 0 atom stereocenters. The van der Waals surface area contributed by atoms with Gasteiger partial charge in [0.15, 0.2) is 11.4 Å². The smallest absolute Gasteiger partial charge is 0.191 e. The van der Waals surface area contributed by atoms with Crippen molar-refractivity contribution in [3.05, 3.63) is 18.2 Å². The Bertz CT molecular complexity index is 227. The summed E-state index contributed by atoms with van der Waals surface area (Å²) in [6.07, 6.45) is 0. The Morgan fingerprint density at radius 1 is 1.00 bits per heavy atom. The highest BCUT2D eigenvalue weighted by atomic mass is 35.5. The summed E-state index contributed by atoms with van der Waals surface area (Å²) in [5, 5.41) is 0. The molecule has 0 aromatic heterocycles. The molecule has 5 heteroatoms. The van der Waals surface area contributed by atoms with Crippen LogP contribution in [0.1, 0.15) is 0 Å². The van der Waals surface area contributed by atoms with Crippen LogP contribution in [0.2, 0.25) is 0 Å². The minimum atomic E-state index is 0. The van der Waals surface area contributed by atoms with Crippen molar-refractivity contribution >= 4 is 17.1 Å². The van der Waals surface area contributed by atoms with E-state index in [1.165, 1.54) is 0 Å². The number of hydrogen-bond donors (Lipinski definition) is 3. The standard InChI is InChI=1S/C6H9N3.2ClH/c7-4-1-2-5(8)6(9)3-4;;/h1-3H,7-9H2;2*1H. The topological polar surface area (TPSA) is 81.3 Å². The molecule has 1 aromatic carbocycles. The number of anilines is 1. The van der Waals surface area contributed by atoms with E-state index in [1.807, 2.05) is 18.2 Å². The maximum Gasteiger partial charge on any atom is 0.191 e. The molecule has 0 bridgehead atoms. The summed E-state index contributed by atoms with van der Waals surface area (Å²) >= 11 is 0. The summed E-state index contributed by atoms with van der Waals surface area (Å²) in [6, 6.07) is 5.48. The Morgan fingerprint density at radius 2 is 1.55 bits per heavy atom. The third-order valence-electron chi connectivity index (χ3n) is 1.23. The first kappa shape index (κ1) is 13.1. The van der Waals surface area contributed by atoms with Gasteiger partial charge in [-0.05, 0) is 6.07 Å². The molecule has 0 radical (unpaired) electrons. The maximum absolute atomic E-state index is 5.46. The van der Waals surface area contributed by atoms with E-state index in [0.29, 0.717) is 0 Å². The van der Waals surface area contributed by atoms with Gasteiger partial charge in [-0.25, -0.2) is 0 Å². The average molecular weight is 196 g/mol. The van der Waals surface area contributed by atoms with Gasteiger partial charge in [0.25, 0.3) is 0 Å². The van der Waals surface area contributed by atoms with Crippen molar-refractivity contribution < 1.29 is 36.3 Å². The van der Waals surface area contributed by atoms with Crippen LogP contribution in [0.5, 0.6) is 0 Å². The predicted molar refractivity (Wildman–Crippen MR) is 36.0 cm³/mol. The quantitative estimate of drug-likeness (QED) is 0.354. The van der Waals surface area contributed by atoms with Crippen molar-refractivity contribution in [1.82, 2.24) is 0 Å². The van der Waals surface area contributed by atoms with Crippen molar-refractivity contribution in [3.8, 4) is 0 Å². The van der Waals surface area contributed by atoms with Crippen LogP contribution in [0.4, 0.5) is 17.1 Å². The van der Waals surface area contributed by atoms with Crippen molar-refractivity contribution in [1.29, 1.82) is 0 Å². The lowest BCUT2D eigenvalue weighted by atomic mass is 10.2. The normalized spacial score (nSPS) is 7.82. The SMILES string of the molecule is Nc1ccc([NH3+])c([NH3+])c1.[Cl-].[Cl-]. The van der Waals surface area contributed by atoms with Gasteiger partial charge in [-0.3, -0.25) is 0 Å². The first-order valence-corrected chi connectivity index (χ1v) is 2.73. The molecule has 0 aliphatic rings. The van der Waals surface area contributed by atoms with Crippen molar-refractivity contribution in [2.75, 3.05) is 5.73 Å². The van der Waals surface area contributed by atoms with Crippen LogP contribution in [0, 0.1) is 0 Å². The minimum absolute atomic E-state index is 0. The average Bonchev–Trinajstić information content (AvgIpc) is 1.80. The lowest BCUT2D eigenvalue weighted by Gasteiger charge is -1.91. The van der Waals surface area contributed by atoms with Gasteiger partial charge in [0.1, 0.15) is 0 Å². The summed E-state index contributed by atoms with van der Waals surface area (Å²) in [5.41, 5.74) is 15.5. The largest absolute Gasteiger partial charge is 1.00 e. The first-order chi connectivity index (χ1) is 4.20. The van der Waals surface area contributed by atoms with Gasteiger partial charge in [0.05, 0.1) is 0 Å². The van der Waals surface area contributed by atoms with Crippen LogP contribution < -0.4 is 42.0 Å². The van der Waals surface area contributed by atoms with Crippen molar-refractivity contribution in [2.45, 2.75) is 0 Å². The molecule has 0 aliphatic heterocycles. The molecule has 0 saturated heterocycles. The van der Waals surface area contributed by atoms with Gasteiger partial charge in [-0.15, -0.1) is 0 Å². The molecule has 64 valence electrons. The Balaban J connectivity index is 0. The summed E-state index contributed by atoms with van der Waals surface area (Å²) in [7, 11) is 0. The number of nitrogens with two attached hydrogens (primary N) is 1. The van der Waals surface area contributed by atoms with Crippen LogP contribution in [-0.4, -0.2) is 0 Å². The van der Waals surface area contributed by atoms with Gasteiger partial charge < -0.3 is 42.0 Å². The Labute approximate surface area is 77.8 Å². The Kier molecular flexibility index (Phi) is 6.22. The third-order valence-corrected chi connectivity index (χ3v) is 1.23. The van der Waals surface area contributed by atoms with Crippen LogP contribution in [0.15, 0.2) is 18.2 Å². The van der Waals surface area contributed by atoms with Crippen molar-refractivity contribution in [2.24, 2.45) is 0 Å². The second-order valence-corrected chi connectivity index (χ2v) is 2.03. The zero-order chi connectivity index (χ0) is 6.85. The summed E-state index contributed by atoms with van der Waals surface area (Å²) in [6.45, 7) is 0. The van der Waals surface area contributed by atoms with E-state index in [2.05, 4.69) is 11.5 Å². The molecular formula is C6H11Cl2N3. The summed E-state index contributed by atoms with van der Waals surface area (Å²) < 4.78 is 0. The highest BCUT2D eigenvalue weighted by molar-refractivity contribution is 5.58. The van der Waals surface area contributed by atoms with E-state index >= 15 is 0 Å². The number of nitrogen functional groups attached to an aromatic ring is 1. The highest BCUT2D eigenvalue weighted by Crippen LogP contribution is 2.12. The molecule has 8 N–H and O–H groups in total. The summed E-state index contributed by atoms with van der Waals surface area (Å²) in [5.74, 6) is 0. The molecule has 0 aliphatic carbocycles. The Morgan fingerprint density at radius 3 is 1.91 bits per heavy atom. The molecule has 0 fully saturated rings. The van der Waals surface area contributed by atoms with Crippen molar-refractivity contribution in [3.63, 3.8) is 0 Å². The Hall–Kier alpha value is -0.480. The fourth-order valence-electron chi connectivity index (χ4n) is 0.646. The van der Waals surface area contributed by atoms with E-state index in [9.17, 15) is 0 Å². The van der Waals surface area contributed by atoms with E-state index in [1.54, 1.807) is 0 Å². The molecule has 0 unspecified atom stereocenters. The van der Waals surface area contributed by atoms with Gasteiger partial charge in [0.2, 0.25) is 0 Å².